The summed E-state index contributed by atoms with van der Waals surface area (Å²) in [6.45, 7) is 0. The summed E-state index contributed by atoms with van der Waals surface area (Å²) in [6.07, 6.45) is 0.303. The number of thiol groups is 1. The van der Waals surface area contributed by atoms with Crippen molar-refractivity contribution in [1.82, 2.24) is 10.2 Å². The first kappa shape index (κ1) is 13.5. The molecule has 1 aromatic heterocycles. The molecule has 0 fully saturated rings. The minimum Gasteiger partial charge on any atom is -0.298 e. The quantitative estimate of drug-likeness (QED) is 0.850. The predicted molar refractivity (Wildman–Crippen MR) is 76.6 cm³/mol. The second-order valence-electron chi connectivity index (χ2n) is 3.78. The maximum atomic E-state index is 11.3. The van der Waals surface area contributed by atoms with Crippen molar-refractivity contribution in [3.63, 3.8) is 0 Å². The van der Waals surface area contributed by atoms with Crippen molar-refractivity contribution in [3.05, 3.63) is 40.0 Å². The lowest BCUT2D eigenvalue weighted by atomic mass is 10.1. The molecule has 1 heterocycles. The summed E-state index contributed by atoms with van der Waals surface area (Å²) >= 11 is 15.7. The Morgan fingerprint density at radius 3 is 2.72 bits per heavy atom. The molecule has 94 valence electrons. The van der Waals surface area contributed by atoms with Gasteiger partial charge >= 0.3 is 0 Å². The third-order valence-corrected chi connectivity index (χ3v) is 3.50. The van der Waals surface area contributed by atoms with E-state index in [9.17, 15) is 4.79 Å². The summed E-state index contributed by atoms with van der Waals surface area (Å²) in [6, 6.07) is 7.10. The molecule has 3 nitrogen and oxygen atoms in total. The molecular formula is C12H10Cl2N2OS. The van der Waals surface area contributed by atoms with Gasteiger partial charge in [-0.3, -0.25) is 9.89 Å². The number of H-pyrrole nitrogens is 1. The first-order chi connectivity index (χ1) is 8.60. The number of nitrogens with zero attached hydrogens (tertiary/aromatic N) is 1. The minimum atomic E-state index is 0.0441. The Morgan fingerprint density at radius 1 is 1.28 bits per heavy atom. The molecule has 0 unspecified atom stereocenters. The van der Waals surface area contributed by atoms with E-state index in [-0.39, 0.29) is 11.5 Å². The number of hydrogen-bond donors (Lipinski definition) is 2. The fourth-order valence-electron chi connectivity index (χ4n) is 1.52. The van der Waals surface area contributed by atoms with Gasteiger partial charge in [-0.05, 0) is 18.2 Å². The number of halogens is 2. The maximum absolute atomic E-state index is 11.3. The van der Waals surface area contributed by atoms with E-state index in [1.165, 1.54) is 0 Å². The average molecular weight is 301 g/mol. The van der Waals surface area contributed by atoms with Gasteiger partial charge in [0.2, 0.25) is 0 Å². The zero-order valence-electron chi connectivity index (χ0n) is 9.28. The molecule has 0 saturated carbocycles. The number of rotatable bonds is 4. The van der Waals surface area contributed by atoms with Crippen LogP contribution in [0.25, 0.3) is 11.3 Å². The molecule has 2 rings (SSSR count). The molecule has 0 aliphatic carbocycles. The Balaban J connectivity index is 2.23. The van der Waals surface area contributed by atoms with Crippen molar-refractivity contribution >= 4 is 41.6 Å². The number of nitrogens with one attached hydrogen (secondary N) is 1. The van der Waals surface area contributed by atoms with Crippen LogP contribution in [-0.4, -0.2) is 21.7 Å². The highest BCUT2D eigenvalue weighted by Crippen LogP contribution is 2.27. The zero-order valence-corrected chi connectivity index (χ0v) is 11.7. The first-order valence-corrected chi connectivity index (χ1v) is 6.61. The normalized spacial score (nSPS) is 10.6. The number of aromatic amines is 1. The number of aromatic nitrogens is 2. The largest absolute Gasteiger partial charge is 0.298 e. The van der Waals surface area contributed by atoms with Crippen molar-refractivity contribution in [2.24, 2.45) is 0 Å². The van der Waals surface area contributed by atoms with Crippen molar-refractivity contribution in [3.8, 4) is 11.3 Å². The molecule has 0 bridgehead atoms. The van der Waals surface area contributed by atoms with Crippen molar-refractivity contribution in [2.45, 2.75) is 6.42 Å². The fraction of sp³-hybridized carbons (Fsp3) is 0.167. The summed E-state index contributed by atoms with van der Waals surface area (Å²) in [5, 5.41) is 7.94. The molecule has 1 N–H and O–H groups in total. The zero-order chi connectivity index (χ0) is 13.1. The molecule has 0 radical (unpaired) electrons. The minimum absolute atomic E-state index is 0.0441. The number of benzene rings is 1. The van der Waals surface area contributed by atoms with Crippen LogP contribution in [0.1, 0.15) is 5.69 Å². The molecule has 0 saturated heterocycles. The van der Waals surface area contributed by atoms with Crippen molar-refractivity contribution in [1.29, 1.82) is 0 Å². The third-order valence-electron chi connectivity index (χ3n) is 2.41. The van der Waals surface area contributed by atoms with E-state index in [0.717, 1.165) is 17.0 Å². The lowest BCUT2D eigenvalue weighted by Crippen LogP contribution is -2.03. The van der Waals surface area contributed by atoms with Gasteiger partial charge in [-0.1, -0.05) is 29.3 Å². The van der Waals surface area contributed by atoms with Gasteiger partial charge in [-0.2, -0.15) is 17.7 Å². The number of Topliss-reactive ketones (excluding diaryl/α,β-unsaturated/α-hetero) is 1. The summed E-state index contributed by atoms with van der Waals surface area (Å²) in [5.41, 5.74) is 2.34. The van der Waals surface area contributed by atoms with Crippen molar-refractivity contribution in [2.75, 3.05) is 5.75 Å². The third kappa shape index (κ3) is 3.07. The monoisotopic (exact) mass is 300 g/mol. The first-order valence-electron chi connectivity index (χ1n) is 5.22. The number of hydrogen-bond acceptors (Lipinski definition) is 3. The Hall–Kier alpha value is -0.970. The molecule has 0 aliphatic heterocycles. The standard InChI is InChI=1S/C12H10Cl2N2OS/c13-10-2-1-7(3-11(10)14)12-5-8(15-16-12)4-9(17)6-18/h1-3,5,18H,4,6H2,(H,15,16). The number of carbonyl (C=O) groups excluding carboxylic acids is 1. The molecule has 18 heavy (non-hydrogen) atoms. The fourth-order valence-corrected chi connectivity index (χ4v) is 1.93. The number of ketones is 1. The van der Waals surface area contributed by atoms with E-state index in [1.54, 1.807) is 12.1 Å². The van der Waals surface area contributed by atoms with E-state index >= 15 is 0 Å². The average Bonchev–Trinajstić information content (AvgIpc) is 2.81. The van der Waals surface area contributed by atoms with Gasteiger partial charge in [0.15, 0.2) is 0 Å². The molecule has 0 atom stereocenters. The van der Waals surface area contributed by atoms with Gasteiger partial charge in [0, 0.05) is 23.4 Å². The van der Waals surface area contributed by atoms with Crippen molar-refractivity contribution < 1.29 is 4.79 Å². The summed E-state index contributed by atoms with van der Waals surface area (Å²) in [4.78, 5) is 11.3. The second kappa shape index (κ2) is 5.78. The van der Waals surface area contributed by atoms with E-state index in [4.69, 9.17) is 23.2 Å². The highest BCUT2D eigenvalue weighted by molar-refractivity contribution is 7.81. The lowest BCUT2D eigenvalue weighted by Gasteiger charge is -1.98. The van der Waals surface area contributed by atoms with Crippen LogP contribution in [0, 0.1) is 0 Å². The van der Waals surface area contributed by atoms with Crippen LogP contribution < -0.4 is 0 Å². The van der Waals surface area contributed by atoms with Gasteiger partial charge in [-0.25, -0.2) is 0 Å². The Bertz CT molecular complexity index is 583. The van der Waals surface area contributed by atoms with E-state index in [1.807, 2.05) is 12.1 Å². The molecular weight excluding hydrogens is 291 g/mol. The Morgan fingerprint density at radius 2 is 2.06 bits per heavy atom. The highest BCUT2D eigenvalue weighted by atomic mass is 35.5. The molecule has 0 aliphatic rings. The van der Waals surface area contributed by atoms with Gasteiger partial charge in [0.25, 0.3) is 0 Å². The van der Waals surface area contributed by atoms with Gasteiger partial charge in [0.05, 0.1) is 15.7 Å². The van der Waals surface area contributed by atoms with Crippen LogP contribution in [0.4, 0.5) is 0 Å². The van der Waals surface area contributed by atoms with Crippen LogP contribution in [0.5, 0.6) is 0 Å². The molecule has 6 heteroatoms. The summed E-state index contributed by atoms with van der Waals surface area (Å²) in [5.74, 6) is 0.267. The smallest absolute Gasteiger partial charge is 0.148 e. The van der Waals surface area contributed by atoms with Gasteiger partial charge in [0.1, 0.15) is 5.78 Å². The van der Waals surface area contributed by atoms with Crippen LogP contribution in [0.2, 0.25) is 10.0 Å². The topological polar surface area (TPSA) is 45.8 Å². The molecule has 1 aromatic carbocycles. The highest BCUT2D eigenvalue weighted by Gasteiger charge is 2.08. The predicted octanol–water partition coefficient (Wildman–Crippen LogP) is 3.42. The van der Waals surface area contributed by atoms with E-state index < -0.39 is 0 Å². The van der Waals surface area contributed by atoms with E-state index in [2.05, 4.69) is 22.8 Å². The molecule has 2 aromatic rings. The van der Waals surface area contributed by atoms with Crippen LogP contribution in [-0.2, 0) is 11.2 Å². The Kier molecular flexibility index (Phi) is 4.32. The maximum Gasteiger partial charge on any atom is 0.148 e. The Labute approximate surface area is 120 Å². The van der Waals surface area contributed by atoms with Crippen LogP contribution in [0.15, 0.2) is 24.3 Å². The molecule has 0 amide bonds. The van der Waals surface area contributed by atoms with E-state index in [0.29, 0.717) is 16.5 Å². The van der Waals surface area contributed by atoms with Crippen LogP contribution >= 0.6 is 35.8 Å². The SMILES string of the molecule is O=C(CS)Cc1cc(-c2ccc(Cl)c(Cl)c2)n[nH]1. The number of carbonyl (C=O) groups is 1. The summed E-state index contributed by atoms with van der Waals surface area (Å²) in [7, 11) is 0. The second-order valence-corrected chi connectivity index (χ2v) is 4.91. The van der Waals surface area contributed by atoms with Gasteiger partial charge < -0.3 is 0 Å². The van der Waals surface area contributed by atoms with Crippen LogP contribution in [0.3, 0.4) is 0 Å². The molecule has 0 spiro atoms. The summed E-state index contributed by atoms with van der Waals surface area (Å²) < 4.78 is 0. The lowest BCUT2D eigenvalue weighted by molar-refractivity contribution is -0.116. The van der Waals surface area contributed by atoms with Gasteiger partial charge in [-0.15, -0.1) is 0 Å².